The van der Waals surface area contributed by atoms with Crippen LogP contribution >= 0.6 is 0 Å². The summed E-state index contributed by atoms with van der Waals surface area (Å²) in [6.45, 7) is 0. The van der Waals surface area contributed by atoms with Gasteiger partial charge in [-0.25, -0.2) is 0 Å². The van der Waals surface area contributed by atoms with E-state index in [1.165, 1.54) is 0 Å². The Bertz CT molecular complexity index is 34.2. The molecule has 0 amide bonds. The molecule has 5 heavy (non-hydrogen) atoms. The Labute approximate surface area is 45.8 Å². The van der Waals surface area contributed by atoms with Crippen LogP contribution in [0.2, 0.25) is 0 Å². The average Bonchev–Trinajstić information content (AvgIpc) is 1.41. The van der Waals surface area contributed by atoms with Crippen LogP contribution in [0, 0.1) is 0 Å². The molecular formula is O3Re2. The van der Waals surface area contributed by atoms with Crippen LogP contribution < -0.4 is 0 Å². The first-order valence-corrected chi connectivity index (χ1v) is 5.05. The van der Waals surface area contributed by atoms with E-state index in [1.54, 1.807) is 0 Å². The summed E-state index contributed by atoms with van der Waals surface area (Å²) in [6, 6.07) is 0. The Kier molecular flexibility index (Phi) is 5.75. The number of hydrogen-bond acceptors (Lipinski definition) is 3. The van der Waals surface area contributed by atoms with Gasteiger partial charge in [-0.3, -0.25) is 0 Å². The first-order chi connectivity index (χ1) is 2.41. The van der Waals surface area contributed by atoms with Crippen molar-refractivity contribution < 1.29 is 45.7 Å². The van der Waals surface area contributed by atoms with Gasteiger partial charge in [0.25, 0.3) is 0 Å². The summed E-state index contributed by atoms with van der Waals surface area (Å²) in [7, 11) is 0. The summed E-state index contributed by atoms with van der Waals surface area (Å²) in [4.78, 5) is 0. The van der Waals surface area contributed by atoms with E-state index in [1.807, 2.05) is 0 Å². The molecule has 0 aliphatic rings. The van der Waals surface area contributed by atoms with Crippen LogP contribution in [0.4, 0.5) is 0 Å². The Morgan fingerprint density at radius 1 is 1.20 bits per heavy atom. The van der Waals surface area contributed by atoms with Gasteiger partial charge >= 0.3 is 45.7 Å². The average molecular weight is 424 g/mol. The molecule has 0 rings (SSSR count). The third-order valence-electron chi connectivity index (χ3n) is 0.0476. The standard InChI is InChI=1S/3O.2Re/i;;;2*1+2. The number of rotatable bonds is 2. The van der Waals surface area contributed by atoms with Gasteiger partial charge in [0.1, 0.15) is 0 Å². The van der Waals surface area contributed by atoms with Crippen LogP contribution in [-0.4, -0.2) is 0 Å². The molecule has 0 saturated carbocycles. The molecule has 0 spiro atoms. The molecule has 0 aliphatic heterocycles. The van der Waals surface area contributed by atoms with Crippen LogP contribution in [0.1, 0.15) is 0 Å². The molecule has 0 bridgehead atoms. The van der Waals surface area contributed by atoms with Crippen molar-refractivity contribution in [2.24, 2.45) is 0 Å². The fourth-order valence-corrected chi connectivity index (χ4v) is 0.651. The van der Waals surface area contributed by atoms with Crippen molar-refractivity contribution in [1.82, 2.24) is 0 Å². The van der Waals surface area contributed by atoms with Crippen molar-refractivity contribution in [1.29, 1.82) is 0 Å². The zero-order chi connectivity index (χ0) is 4.12. The first-order valence-electron chi connectivity index (χ1n) is 0.617. The van der Waals surface area contributed by atoms with Crippen molar-refractivity contribution in [3.8, 4) is 0 Å². The topological polar surface area (TPSA) is 43.4 Å². The van der Waals surface area contributed by atoms with E-state index in [2.05, 4.69) is 2.18 Å². The summed E-state index contributed by atoms with van der Waals surface area (Å²) in [6.07, 6.45) is 0. The van der Waals surface area contributed by atoms with E-state index in [4.69, 9.17) is 0 Å². The van der Waals surface area contributed by atoms with Crippen molar-refractivity contribution in [2.45, 2.75) is 0 Å². The third kappa shape index (κ3) is 4.88. The van der Waals surface area contributed by atoms with Gasteiger partial charge in [0.05, 0.1) is 0 Å². The molecular weight excluding hydrogens is 424 g/mol. The minimum atomic E-state index is -1.67. The molecule has 0 aliphatic carbocycles. The summed E-state index contributed by atoms with van der Waals surface area (Å²) in [5.41, 5.74) is 0. The van der Waals surface area contributed by atoms with Gasteiger partial charge in [-0.05, 0) is 0 Å². The van der Waals surface area contributed by atoms with Gasteiger partial charge in [0, 0.05) is 0 Å². The molecule has 0 saturated heterocycles. The summed E-state index contributed by atoms with van der Waals surface area (Å²) >= 11 is -3.35. The second kappa shape index (κ2) is 4.88. The molecule has 3 nitrogen and oxygen atoms in total. The SMILES string of the molecule is [O]=[188Re][O][188Re]=[O]. The molecule has 0 aromatic carbocycles. The second-order valence-corrected chi connectivity index (χ2v) is 4.94. The summed E-state index contributed by atoms with van der Waals surface area (Å²) in [5, 5.41) is 0. The van der Waals surface area contributed by atoms with Gasteiger partial charge in [0.15, 0.2) is 0 Å². The Morgan fingerprint density at radius 3 is 1.60 bits per heavy atom. The van der Waals surface area contributed by atoms with Crippen LogP contribution in [-0.2, 0) is 45.7 Å². The normalized spacial score (nSPS) is 8.00. The molecule has 0 N–H and O–H groups in total. The summed E-state index contributed by atoms with van der Waals surface area (Å²) in [5.74, 6) is 0. The van der Waals surface area contributed by atoms with Crippen molar-refractivity contribution in [3.05, 3.63) is 0 Å². The van der Waals surface area contributed by atoms with Crippen molar-refractivity contribution in [3.63, 3.8) is 0 Å². The van der Waals surface area contributed by atoms with Gasteiger partial charge < -0.3 is 0 Å². The maximum atomic E-state index is 9.30. The van der Waals surface area contributed by atoms with E-state index in [9.17, 15) is 6.94 Å². The van der Waals surface area contributed by atoms with Gasteiger partial charge in [-0.2, -0.15) is 0 Å². The van der Waals surface area contributed by atoms with Crippen LogP contribution in [0.15, 0.2) is 0 Å². The molecule has 0 fully saturated rings. The first kappa shape index (κ1) is 5.88. The zero-order valence-electron chi connectivity index (χ0n) is 1.98. The van der Waals surface area contributed by atoms with Crippen LogP contribution in [0.25, 0.3) is 0 Å². The zero-order valence-corrected chi connectivity index (χ0v) is 7.41. The molecule has 0 heterocycles. The predicted octanol–water partition coefficient (Wildman–Crippen LogP) is -0.311. The minimum absolute atomic E-state index is 1.67. The molecule has 0 atom stereocenters. The van der Waals surface area contributed by atoms with E-state index < -0.39 is 36.6 Å². The van der Waals surface area contributed by atoms with Gasteiger partial charge in [-0.15, -0.1) is 0 Å². The van der Waals surface area contributed by atoms with E-state index >= 15 is 0 Å². The summed E-state index contributed by atoms with van der Waals surface area (Å²) < 4.78 is 22.6. The number of hydrogen-bond donors (Lipinski definition) is 0. The molecule has 5 heteroatoms. The molecule has 0 aromatic heterocycles. The molecule has 0 aromatic rings. The quantitative estimate of drug-likeness (QED) is 0.612. The second-order valence-electron chi connectivity index (χ2n) is 0.184. The maximum absolute atomic E-state index is 9.30. The fraction of sp³-hybridized carbons (Fsp3) is 0. The van der Waals surface area contributed by atoms with Crippen molar-refractivity contribution >= 4 is 0 Å². The van der Waals surface area contributed by atoms with Gasteiger partial charge in [0.2, 0.25) is 0 Å². The Morgan fingerprint density at radius 2 is 1.60 bits per heavy atom. The fourth-order valence-electron chi connectivity index (χ4n) is 0.00972. The van der Waals surface area contributed by atoms with Crippen molar-refractivity contribution in [2.75, 3.05) is 0 Å². The monoisotopic (exact) mass is 424 g/mol. The third-order valence-corrected chi connectivity index (χ3v) is 3.19. The van der Waals surface area contributed by atoms with E-state index in [0.29, 0.717) is 0 Å². The molecule has 32 valence electrons. The molecule has 0 radical (unpaired) electrons. The Hall–Kier alpha value is 0.885. The van der Waals surface area contributed by atoms with Crippen LogP contribution in [0.5, 0.6) is 0 Å². The van der Waals surface area contributed by atoms with Crippen LogP contribution in [0.3, 0.4) is 0 Å². The van der Waals surface area contributed by atoms with E-state index in [0.717, 1.165) is 0 Å². The predicted molar refractivity (Wildman–Crippen MR) is 2.46 cm³/mol. The van der Waals surface area contributed by atoms with Gasteiger partial charge in [-0.1, -0.05) is 0 Å². The Balaban J connectivity index is 2.65. The molecule has 0 unspecified atom stereocenters. The van der Waals surface area contributed by atoms with E-state index in [-0.39, 0.29) is 0 Å².